The highest BCUT2D eigenvalue weighted by atomic mass is 16.2. The van der Waals surface area contributed by atoms with Crippen molar-refractivity contribution < 1.29 is 9.59 Å². The summed E-state index contributed by atoms with van der Waals surface area (Å²) < 4.78 is 1.78. The van der Waals surface area contributed by atoms with E-state index in [4.69, 9.17) is 0 Å². The number of carbonyl (C=O) groups is 2. The Hall–Kier alpha value is -3.74. The van der Waals surface area contributed by atoms with Gasteiger partial charge in [0.05, 0.1) is 6.42 Å². The Morgan fingerprint density at radius 1 is 0.969 bits per heavy atom. The second-order valence-electron chi connectivity index (χ2n) is 8.52. The first kappa shape index (κ1) is 20.2. The molecule has 0 radical (unpaired) electrons. The Balaban J connectivity index is 1.34. The lowest BCUT2D eigenvalue weighted by Crippen LogP contribution is -2.49. The van der Waals surface area contributed by atoms with Gasteiger partial charge in [0.15, 0.2) is 0 Å². The number of rotatable bonds is 4. The number of nitrogens with zero attached hydrogens (tertiary/aromatic N) is 3. The summed E-state index contributed by atoms with van der Waals surface area (Å²) in [6.07, 6.45) is 2.80. The standard InChI is InChI=1S/C25H24N4O3/c30-23(13-17-6-2-1-3-7-17)27-21-9-10-22-19-12-18(15-29(22)25(21)32)14-28(16-19)24(31)20-8-4-5-11-26-20/h1-11,18-19H,12-16H2,(H,27,30)/t18-,19+/m0/s1. The Labute approximate surface area is 185 Å². The van der Waals surface area contributed by atoms with Crippen LogP contribution >= 0.6 is 0 Å². The van der Waals surface area contributed by atoms with E-state index in [1.54, 1.807) is 29.0 Å². The van der Waals surface area contributed by atoms with E-state index in [-0.39, 0.29) is 35.6 Å². The van der Waals surface area contributed by atoms with Crippen molar-refractivity contribution in [3.8, 4) is 0 Å². The molecule has 0 unspecified atom stereocenters. The van der Waals surface area contributed by atoms with E-state index < -0.39 is 0 Å². The number of amides is 2. The molecule has 1 N–H and O–H groups in total. The van der Waals surface area contributed by atoms with Crippen molar-refractivity contribution in [2.24, 2.45) is 5.92 Å². The normalized spacial score (nSPS) is 19.2. The molecule has 1 saturated heterocycles. The molecule has 2 aromatic heterocycles. The van der Waals surface area contributed by atoms with E-state index in [1.807, 2.05) is 47.4 Å². The van der Waals surface area contributed by atoms with Gasteiger partial charge in [0.2, 0.25) is 5.91 Å². The number of anilines is 1. The highest BCUT2D eigenvalue weighted by molar-refractivity contribution is 5.93. The van der Waals surface area contributed by atoms with Gasteiger partial charge in [0.25, 0.3) is 11.5 Å². The summed E-state index contributed by atoms with van der Waals surface area (Å²) >= 11 is 0. The Morgan fingerprint density at radius 3 is 2.56 bits per heavy atom. The summed E-state index contributed by atoms with van der Waals surface area (Å²) in [4.78, 5) is 44.5. The third-order valence-electron chi connectivity index (χ3n) is 6.26. The lowest BCUT2D eigenvalue weighted by atomic mass is 9.83. The van der Waals surface area contributed by atoms with E-state index >= 15 is 0 Å². The van der Waals surface area contributed by atoms with Gasteiger partial charge in [0, 0.05) is 37.4 Å². The second-order valence-corrected chi connectivity index (χ2v) is 8.52. The first-order valence-electron chi connectivity index (χ1n) is 10.9. The van der Waals surface area contributed by atoms with Crippen molar-refractivity contribution in [2.45, 2.75) is 25.3 Å². The zero-order valence-corrected chi connectivity index (χ0v) is 17.6. The fraction of sp³-hybridized carbons (Fsp3) is 0.280. The smallest absolute Gasteiger partial charge is 0.274 e. The molecule has 7 heteroatoms. The predicted molar refractivity (Wildman–Crippen MR) is 120 cm³/mol. The SMILES string of the molecule is O=C(Cc1ccccc1)Nc1ccc2n(c1=O)C[C@H]1C[C@@H]2CN(C(=O)c2ccccn2)C1. The van der Waals surface area contributed by atoms with E-state index in [0.29, 0.717) is 31.0 Å². The van der Waals surface area contributed by atoms with Crippen LogP contribution in [0.25, 0.3) is 0 Å². The van der Waals surface area contributed by atoms with Gasteiger partial charge in [-0.2, -0.15) is 0 Å². The van der Waals surface area contributed by atoms with Crippen LogP contribution in [0.4, 0.5) is 5.69 Å². The molecule has 1 aromatic carbocycles. The van der Waals surface area contributed by atoms with E-state index in [9.17, 15) is 14.4 Å². The van der Waals surface area contributed by atoms with Gasteiger partial charge in [-0.15, -0.1) is 0 Å². The second kappa shape index (κ2) is 8.42. The van der Waals surface area contributed by atoms with E-state index in [2.05, 4.69) is 10.3 Å². The van der Waals surface area contributed by atoms with Crippen LogP contribution in [0.2, 0.25) is 0 Å². The Morgan fingerprint density at radius 2 is 1.78 bits per heavy atom. The Bertz CT molecular complexity index is 1210. The van der Waals surface area contributed by atoms with Crippen LogP contribution in [0.3, 0.4) is 0 Å². The van der Waals surface area contributed by atoms with Crippen LogP contribution in [-0.4, -0.2) is 39.4 Å². The maximum absolute atomic E-state index is 13.1. The number of likely N-dealkylation sites (tertiary alicyclic amines) is 1. The number of benzene rings is 1. The van der Waals surface area contributed by atoms with Gasteiger partial charge in [-0.3, -0.25) is 19.4 Å². The minimum Gasteiger partial charge on any atom is -0.336 e. The summed E-state index contributed by atoms with van der Waals surface area (Å²) in [7, 11) is 0. The molecule has 3 aromatic rings. The zero-order chi connectivity index (χ0) is 22.1. The summed E-state index contributed by atoms with van der Waals surface area (Å²) in [6.45, 7) is 1.70. The molecule has 2 atom stereocenters. The molecule has 2 aliphatic heterocycles. The summed E-state index contributed by atoms with van der Waals surface area (Å²) in [5.74, 6) is 0.0108. The van der Waals surface area contributed by atoms with Crippen molar-refractivity contribution in [3.05, 3.63) is 94.2 Å². The lowest BCUT2D eigenvalue weighted by molar-refractivity contribution is -0.115. The number of pyridine rings is 2. The molecule has 0 saturated carbocycles. The van der Waals surface area contributed by atoms with E-state index in [0.717, 1.165) is 17.7 Å². The zero-order valence-electron chi connectivity index (χ0n) is 17.6. The number of fused-ring (bicyclic) bond motifs is 4. The monoisotopic (exact) mass is 428 g/mol. The molecule has 0 aliphatic carbocycles. The summed E-state index contributed by atoms with van der Waals surface area (Å²) in [5, 5.41) is 2.78. The van der Waals surface area contributed by atoms with Crippen LogP contribution in [0.15, 0.2) is 71.7 Å². The van der Waals surface area contributed by atoms with Crippen molar-refractivity contribution >= 4 is 17.5 Å². The topological polar surface area (TPSA) is 84.3 Å². The number of aromatic nitrogens is 2. The molecule has 2 bridgehead atoms. The fourth-order valence-electron chi connectivity index (χ4n) is 4.83. The number of carbonyl (C=O) groups excluding carboxylic acids is 2. The molecular formula is C25H24N4O3. The average molecular weight is 428 g/mol. The maximum atomic E-state index is 13.1. The minimum absolute atomic E-state index is 0.0686. The predicted octanol–water partition coefficient (Wildman–Crippen LogP) is 2.68. The molecule has 5 rings (SSSR count). The largest absolute Gasteiger partial charge is 0.336 e. The molecule has 32 heavy (non-hydrogen) atoms. The van der Waals surface area contributed by atoms with Crippen molar-refractivity contribution in [3.63, 3.8) is 0 Å². The van der Waals surface area contributed by atoms with Crippen LogP contribution in [0.5, 0.6) is 0 Å². The first-order chi connectivity index (χ1) is 15.6. The molecule has 162 valence electrons. The van der Waals surface area contributed by atoms with Crippen LogP contribution in [0.1, 0.15) is 34.1 Å². The highest BCUT2D eigenvalue weighted by Gasteiger charge is 2.37. The van der Waals surface area contributed by atoms with Crippen LogP contribution < -0.4 is 10.9 Å². The summed E-state index contributed by atoms with van der Waals surface area (Å²) in [6, 6.07) is 18.4. The van der Waals surface area contributed by atoms with Gasteiger partial charge in [0.1, 0.15) is 11.4 Å². The molecular weight excluding hydrogens is 404 g/mol. The molecule has 0 spiro atoms. The minimum atomic E-state index is -0.211. The van der Waals surface area contributed by atoms with Gasteiger partial charge in [-0.1, -0.05) is 36.4 Å². The quantitative estimate of drug-likeness (QED) is 0.693. The summed E-state index contributed by atoms with van der Waals surface area (Å²) in [5.41, 5.74) is 2.39. The van der Waals surface area contributed by atoms with Crippen molar-refractivity contribution in [1.29, 1.82) is 0 Å². The van der Waals surface area contributed by atoms with Crippen LogP contribution in [-0.2, 0) is 17.8 Å². The van der Waals surface area contributed by atoms with Crippen LogP contribution in [0, 0.1) is 5.92 Å². The third kappa shape index (κ3) is 3.93. The molecule has 1 fully saturated rings. The van der Waals surface area contributed by atoms with Gasteiger partial charge in [-0.05, 0) is 42.2 Å². The third-order valence-corrected chi connectivity index (χ3v) is 6.26. The lowest BCUT2D eigenvalue weighted by Gasteiger charge is -2.42. The van der Waals surface area contributed by atoms with Gasteiger partial charge >= 0.3 is 0 Å². The molecule has 7 nitrogen and oxygen atoms in total. The van der Waals surface area contributed by atoms with Gasteiger partial charge < -0.3 is 14.8 Å². The maximum Gasteiger partial charge on any atom is 0.274 e. The number of hydrogen-bond donors (Lipinski definition) is 1. The fourth-order valence-corrected chi connectivity index (χ4v) is 4.83. The van der Waals surface area contributed by atoms with E-state index in [1.165, 1.54) is 0 Å². The van der Waals surface area contributed by atoms with Gasteiger partial charge in [-0.25, -0.2) is 0 Å². The number of hydrogen-bond acceptors (Lipinski definition) is 4. The number of piperidine rings is 1. The average Bonchev–Trinajstić information content (AvgIpc) is 2.82. The van der Waals surface area contributed by atoms with Crippen molar-refractivity contribution in [1.82, 2.24) is 14.5 Å². The first-order valence-corrected chi connectivity index (χ1v) is 10.9. The molecule has 4 heterocycles. The Kier molecular flexibility index (Phi) is 5.31. The number of nitrogens with one attached hydrogen (secondary N) is 1. The molecule has 2 amide bonds. The highest BCUT2D eigenvalue weighted by Crippen LogP contribution is 2.35. The molecule has 2 aliphatic rings. The van der Waals surface area contributed by atoms with Crippen molar-refractivity contribution in [2.75, 3.05) is 18.4 Å².